The first-order valence-corrected chi connectivity index (χ1v) is 10.2. The normalized spacial score (nSPS) is 11.1. The Bertz CT molecular complexity index is 1160. The van der Waals surface area contributed by atoms with Crippen molar-refractivity contribution in [3.8, 4) is 5.69 Å². The van der Waals surface area contributed by atoms with E-state index in [4.69, 9.17) is 0 Å². The Balaban J connectivity index is 1.71. The van der Waals surface area contributed by atoms with Crippen LogP contribution in [-0.4, -0.2) is 15.7 Å². The zero-order chi connectivity index (χ0) is 19.1. The molecular formula is C21H18BrN3OS. The molecule has 0 radical (unpaired) electrons. The average Bonchev–Trinajstić information content (AvgIpc) is 3.20. The molecule has 4 aromatic rings. The quantitative estimate of drug-likeness (QED) is 0.423. The van der Waals surface area contributed by atoms with Crippen molar-refractivity contribution in [2.24, 2.45) is 0 Å². The number of amides is 1. The first kappa shape index (κ1) is 17.9. The van der Waals surface area contributed by atoms with E-state index < -0.39 is 0 Å². The van der Waals surface area contributed by atoms with Gasteiger partial charge in [-0.3, -0.25) is 4.79 Å². The molecule has 0 bridgehead atoms. The molecule has 6 heteroatoms. The van der Waals surface area contributed by atoms with Crippen molar-refractivity contribution in [2.45, 2.75) is 20.8 Å². The summed E-state index contributed by atoms with van der Waals surface area (Å²) in [5, 5.41) is 8.69. The van der Waals surface area contributed by atoms with Gasteiger partial charge in [0.2, 0.25) is 0 Å². The van der Waals surface area contributed by atoms with E-state index in [2.05, 4.69) is 26.3 Å². The van der Waals surface area contributed by atoms with Crippen LogP contribution in [0.5, 0.6) is 0 Å². The summed E-state index contributed by atoms with van der Waals surface area (Å²) in [5.74, 6) is -0.0911. The first-order valence-electron chi connectivity index (χ1n) is 8.56. The highest BCUT2D eigenvalue weighted by Crippen LogP contribution is 2.31. The molecule has 0 spiro atoms. The third-order valence-electron chi connectivity index (χ3n) is 4.48. The highest BCUT2D eigenvalue weighted by molar-refractivity contribution is 9.10. The zero-order valence-electron chi connectivity index (χ0n) is 15.2. The van der Waals surface area contributed by atoms with Crippen LogP contribution in [-0.2, 0) is 0 Å². The van der Waals surface area contributed by atoms with Crippen LogP contribution in [0.3, 0.4) is 0 Å². The number of carbonyl (C=O) groups is 1. The number of thiophene rings is 1. The van der Waals surface area contributed by atoms with Gasteiger partial charge in [-0.1, -0.05) is 28.1 Å². The molecule has 0 aliphatic carbocycles. The van der Waals surface area contributed by atoms with Crippen LogP contribution in [0.25, 0.3) is 15.9 Å². The number of nitrogens with one attached hydrogen (secondary N) is 1. The van der Waals surface area contributed by atoms with Crippen LogP contribution in [0, 0.1) is 20.8 Å². The Hall–Kier alpha value is -2.44. The number of aromatic nitrogens is 2. The van der Waals surface area contributed by atoms with E-state index in [0.717, 1.165) is 42.9 Å². The number of hydrogen-bond acceptors (Lipinski definition) is 3. The second kappa shape index (κ2) is 6.94. The van der Waals surface area contributed by atoms with Crippen molar-refractivity contribution in [1.82, 2.24) is 9.78 Å². The largest absolute Gasteiger partial charge is 0.321 e. The van der Waals surface area contributed by atoms with E-state index in [1.54, 1.807) is 0 Å². The van der Waals surface area contributed by atoms with E-state index in [1.807, 2.05) is 74.0 Å². The van der Waals surface area contributed by atoms with Crippen LogP contribution in [0.2, 0.25) is 0 Å². The second-order valence-electron chi connectivity index (χ2n) is 6.58. The fraction of sp³-hybridized carbons (Fsp3) is 0.143. The molecule has 1 amide bonds. The molecule has 2 aromatic carbocycles. The van der Waals surface area contributed by atoms with Crippen LogP contribution < -0.4 is 5.32 Å². The fourth-order valence-electron chi connectivity index (χ4n) is 2.97. The molecular weight excluding hydrogens is 422 g/mol. The van der Waals surface area contributed by atoms with Gasteiger partial charge in [0.25, 0.3) is 5.91 Å². The van der Waals surface area contributed by atoms with Crippen molar-refractivity contribution in [1.29, 1.82) is 0 Å². The van der Waals surface area contributed by atoms with Gasteiger partial charge in [0.1, 0.15) is 4.83 Å². The van der Waals surface area contributed by atoms with Crippen molar-refractivity contribution in [2.75, 3.05) is 5.32 Å². The molecule has 0 atom stereocenters. The number of benzene rings is 2. The third kappa shape index (κ3) is 3.42. The summed E-state index contributed by atoms with van der Waals surface area (Å²) in [6.45, 7) is 5.98. The van der Waals surface area contributed by atoms with Gasteiger partial charge in [-0.05, 0) is 68.3 Å². The van der Waals surface area contributed by atoms with Gasteiger partial charge in [-0.2, -0.15) is 5.10 Å². The van der Waals surface area contributed by atoms with Gasteiger partial charge in [0.15, 0.2) is 0 Å². The number of halogens is 1. The maximum Gasteiger partial charge on any atom is 0.265 e. The van der Waals surface area contributed by atoms with Gasteiger partial charge in [0.05, 0.1) is 16.3 Å². The maximum absolute atomic E-state index is 12.8. The Kier molecular flexibility index (Phi) is 4.61. The first-order chi connectivity index (χ1) is 12.9. The van der Waals surface area contributed by atoms with Crippen LogP contribution >= 0.6 is 27.3 Å². The van der Waals surface area contributed by atoms with Crippen LogP contribution in [0.15, 0.2) is 53.0 Å². The Labute approximate surface area is 170 Å². The van der Waals surface area contributed by atoms with E-state index >= 15 is 0 Å². The summed E-state index contributed by atoms with van der Waals surface area (Å²) in [6, 6.07) is 16.0. The van der Waals surface area contributed by atoms with Crippen molar-refractivity contribution >= 4 is 49.1 Å². The van der Waals surface area contributed by atoms with Gasteiger partial charge in [-0.25, -0.2) is 4.68 Å². The average molecular weight is 440 g/mol. The second-order valence-corrected chi connectivity index (χ2v) is 8.52. The minimum atomic E-state index is -0.0911. The summed E-state index contributed by atoms with van der Waals surface area (Å²) in [7, 11) is 0. The third-order valence-corrected chi connectivity index (χ3v) is 6.12. The number of rotatable bonds is 3. The molecule has 0 fully saturated rings. The highest BCUT2D eigenvalue weighted by atomic mass is 79.9. The minimum Gasteiger partial charge on any atom is -0.321 e. The fourth-order valence-corrected chi connectivity index (χ4v) is 4.31. The Morgan fingerprint density at radius 3 is 2.56 bits per heavy atom. The number of aryl methyl sites for hydroxylation is 3. The van der Waals surface area contributed by atoms with E-state index in [-0.39, 0.29) is 5.91 Å². The number of fused-ring (bicyclic) bond motifs is 1. The topological polar surface area (TPSA) is 46.9 Å². The summed E-state index contributed by atoms with van der Waals surface area (Å²) >= 11 is 4.92. The van der Waals surface area contributed by atoms with Crippen LogP contribution in [0.1, 0.15) is 26.5 Å². The van der Waals surface area contributed by atoms with Crippen molar-refractivity contribution < 1.29 is 4.79 Å². The van der Waals surface area contributed by atoms with Gasteiger partial charge in [0, 0.05) is 15.5 Å². The SMILES string of the molecule is Cc1ccc(C)c(NC(=O)c2cc3c(C)nn(-c4ccc(Br)cc4)c3s2)c1. The molecule has 27 heavy (non-hydrogen) atoms. The molecule has 0 saturated heterocycles. The Morgan fingerprint density at radius 2 is 1.81 bits per heavy atom. The van der Waals surface area contributed by atoms with E-state index in [9.17, 15) is 4.79 Å². The van der Waals surface area contributed by atoms with Gasteiger partial charge in [-0.15, -0.1) is 11.3 Å². The summed E-state index contributed by atoms with van der Waals surface area (Å²) in [6.07, 6.45) is 0. The summed E-state index contributed by atoms with van der Waals surface area (Å²) in [5.41, 5.74) is 4.90. The predicted molar refractivity (Wildman–Crippen MR) is 115 cm³/mol. The Morgan fingerprint density at radius 1 is 1.07 bits per heavy atom. The molecule has 4 nitrogen and oxygen atoms in total. The smallest absolute Gasteiger partial charge is 0.265 e. The molecule has 0 unspecified atom stereocenters. The molecule has 0 aliphatic rings. The minimum absolute atomic E-state index is 0.0911. The summed E-state index contributed by atoms with van der Waals surface area (Å²) in [4.78, 5) is 14.5. The lowest BCUT2D eigenvalue weighted by molar-refractivity contribution is 0.103. The van der Waals surface area contributed by atoms with Gasteiger partial charge >= 0.3 is 0 Å². The zero-order valence-corrected chi connectivity index (χ0v) is 17.6. The standard InChI is InChI=1S/C21H18BrN3OS/c1-12-4-5-13(2)18(10-12)23-20(26)19-11-17-14(3)24-25(21(17)27-19)16-8-6-15(22)7-9-16/h4-11H,1-3H3,(H,23,26). The molecule has 0 aliphatic heterocycles. The maximum atomic E-state index is 12.8. The number of anilines is 1. The lowest BCUT2D eigenvalue weighted by Gasteiger charge is -2.08. The highest BCUT2D eigenvalue weighted by Gasteiger charge is 2.17. The lowest BCUT2D eigenvalue weighted by Crippen LogP contribution is -2.11. The van der Waals surface area contributed by atoms with Crippen LogP contribution in [0.4, 0.5) is 5.69 Å². The number of carbonyl (C=O) groups excluding carboxylic acids is 1. The molecule has 136 valence electrons. The van der Waals surface area contributed by atoms with Gasteiger partial charge < -0.3 is 5.32 Å². The molecule has 2 heterocycles. The van der Waals surface area contributed by atoms with E-state index in [0.29, 0.717) is 4.88 Å². The van der Waals surface area contributed by atoms with E-state index in [1.165, 1.54) is 11.3 Å². The van der Waals surface area contributed by atoms with Crippen molar-refractivity contribution in [3.05, 3.63) is 74.7 Å². The predicted octanol–water partition coefficient (Wildman–Crippen LogP) is 6.03. The molecule has 0 saturated carbocycles. The number of nitrogens with zero attached hydrogens (tertiary/aromatic N) is 2. The lowest BCUT2D eigenvalue weighted by atomic mass is 10.1. The molecule has 4 rings (SSSR count). The van der Waals surface area contributed by atoms with Crippen molar-refractivity contribution in [3.63, 3.8) is 0 Å². The number of hydrogen-bond donors (Lipinski definition) is 1. The monoisotopic (exact) mass is 439 g/mol. The molecule has 1 N–H and O–H groups in total. The summed E-state index contributed by atoms with van der Waals surface area (Å²) < 4.78 is 2.92. The molecule has 2 aromatic heterocycles.